The number of rotatable bonds is 1. The van der Waals surface area contributed by atoms with E-state index in [2.05, 4.69) is 4.98 Å². The Bertz CT molecular complexity index is 581. The highest BCUT2D eigenvalue weighted by Crippen LogP contribution is 2.41. The fourth-order valence-corrected chi connectivity index (χ4v) is 3.46. The van der Waals surface area contributed by atoms with Crippen LogP contribution in [0.25, 0.3) is 0 Å². The van der Waals surface area contributed by atoms with Gasteiger partial charge in [0.05, 0.1) is 5.56 Å². The molecule has 3 rings (SSSR count). The topological polar surface area (TPSA) is 56.7 Å². The highest BCUT2D eigenvalue weighted by molar-refractivity contribution is 5.65. The molecule has 8 heteroatoms. The van der Waals surface area contributed by atoms with E-state index in [-0.39, 0.29) is 5.41 Å². The fraction of sp³-hybridized carbons (Fsp3) is 0.600. The van der Waals surface area contributed by atoms with E-state index in [1.807, 2.05) is 4.90 Å². The number of alkyl halides is 3. The molecule has 2 aliphatic rings. The van der Waals surface area contributed by atoms with Gasteiger partial charge in [0, 0.05) is 32.4 Å². The molecule has 3 heterocycles. The summed E-state index contributed by atoms with van der Waals surface area (Å²) >= 11 is 0. The van der Waals surface area contributed by atoms with E-state index in [4.69, 9.17) is 5.11 Å². The molecular formula is C15H18F3N3O2. The van der Waals surface area contributed by atoms with E-state index in [0.29, 0.717) is 32.0 Å². The summed E-state index contributed by atoms with van der Waals surface area (Å²) in [5.41, 5.74) is -0.733. The Kier molecular flexibility index (Phi) is 3.85. The van der Waals surface area contributed by atoms with Crippen molar-refractivity contribution in [2.75, 3.05) is 31.1 Å². The summed E-state index contributed by atoms with van der Waals surface area (Å²) in [6.45, 7) is 2.49. The average Bonchev–Trinajstić information content (AvgIpc) is 2.92. The molecule has 1 spiro atoms. The zero-order valence-corrected chi connectivity index (χ0v) is 12.5. The number of halogens is 3. The number of amides is 1. The highest BCUT2D eigenvalue weighted by Gasteiger charge is 2.42. The maximum atomic E-state index is 12.6. The molecule has 1 aromatic heterocycles. The second kappa shape index (κ2) is 5.58. The van der Waals surface area contributed by atoms with Crippen LogP contribution in [0.3, 0.4) is 0 Å². The Morgan fingerprint density at radius 2 is 1.83 bits per heavy atom. The van der Waals surface area contributed by atoms with Crippen molar-refractivity contribution in [2.24, 2.45) is 5.41 Å². The standard InChI is InChI=1S/C15H18F3N3O2/c16-15(17,18)11-1-2-12(19-9-11)20-6-3-14(4-7-20)5-8-21(10-14)13(22)23/h1-2,9H,3-8,10H2,(H,22,23). The first-order valence-corrected chi connectivity index (χ1v) is 7.55. The average molecular weight is 329 g/mol. The molecule has 1 aromatic rings. The smallest absolute Gasteiger partial charge is 0.417 e. The molecule has 1 amide bonds. The molecule has 0 unspecified atom stereocenters. The van der Waals surface area contributed by atoms with Crippen molar-refractivity contribution in [2.45, 2.75) is 25.4 Å². The van der Waals surface area contributed by atoms with Gasteiger partial charge in [-0.3, -0.25) is 0 Å². The minimum Gasteiger partial charge on any atom is -0.465 e. The zero-order chi connectivity index (χ0) is 16.7. The molecule has 2 aliphatic heterocycles. The molecule has 23 heavy (non-hydrogen) atoms. The Balaban J connectivity index is 1.62. The van der Waals surface area contributed by atoms with Gasteiger partial charge in [-0.1, -0.05) is 0 Å². The lowest BCUT2D eigenvalue weighted by Crippen LogP contribution is -2.42. The first-order valence-electron chi connectivity index (χ1n) is 7.55. The van der Waals surface area contributed by atoms with Crippen molar-refractivity contribution in [3.63, 3.8) is 0 Å². The summed E-state index contributed by atoms with van der Waals surface area (Å²) in [4.78, 5) is 18.4. The lowest BCUT2D eigenvalue weighted by atomic mass is 9.78. The van der Waals surface area contributed by atoms with Gasteiger partial charge in [-0.25, -0.2) is 9.78 Å². The maximum absolute atomic E-state index is 12.6. The van der Waals surface area contributed by atoms with Crippen LogP contribution in [0.5, 0.6) is 0 Å². The van der Waals surface area contributed by atoms with Gasteiger partial charge in [-0.05, 0) is 36.8 Å². The second-order valence-electron chi connectivity index (χ2n) is 6.34. The molecule has 0 saturated carbocycles. The van der Waals surface area contributed by atoms with Crippen molar-refractivity contribution in [1.29, 1.82) is 0 Å². The summed E-state index contributed by atoms with van der Waals surface area (Å²) < 4.78 is 37.7. The van der Waals surface area contributed by atoms with Gasteiger partial charge in [-0.15, -0.1) is 0 Å². The van der Waals surface area contributed by atoms with Gasteiger partial charge in [0.15, 0.2) is 0 Å². The van der Waals surface area contributed by atoms with Crippen LogP contribution in [-0.4, -0.2) is 47.3 Å². The number of pyridine rings is 1. The predicted molar refractivity (Wildman–Crippen MR) is 77.3 cm³/mol. The van der Waals surface area contributed by atoms with Gasteiger partial charge >= 0.3 is 12.3 Å². The minimum absolute atomic E-state index is 0.0147. The highest BCUT2D eigenvalue weighted by atomic mass is 19.4. The molecule has 126 valence electrons. The Labute approximate surface area is 131 Å². The second-order valence-corrected chi connectivity index (χ2v) is 6.34. The van der Waals surface area contributed by atoms with Crippen LogP contribution in [0.2, 0.25) is 0 Å². The Hall–Kier alpha value is -1.99. The van der Waals surface area contributed by atoms with Crippen molar-refractivity contribution < 1.29 is 23.1 Å². The van der Waals surface area contributed by atoms with E-state index < -0.39 is 17.8 Å². The van der Waals surface area contributed by atoms with E-state index in [1.54, 1.807) is 0 Å². The van der Waals surface area contributed by atoms with Crippen molar-refractivity contribution >= 4 is 11.9 Å². The van der Waals surface area contributed by atoms with Crippen molar-refractivity contribution in [3.05, 3.63) is 23.9 Å². The van der Waals surface area contributed by atoms with Crippen LogP contribution in [0, 0.1) is 5.41 Å². The Morgan fingerprint density at radius 3 is 2.30 bits per heavy atom. The normalized spacial score (nSPS) is 21.0. The number of carbonyl (C=O) groups is 1. The molecule has 0 aromatic carbocycles. The first-order chi connectivity index (χ1) is 10.8. The van der Waals surface area contributed by atoms with E-state index in [1.165, 1.54) is 11.0 Å². The molecule has 1 N–H and O–H groups in total. The molecule has 0 atom stereocenters. The summed E-state index contributed by atoms with van der Waals surface area (Å²) in [5.74, 6) is 0.543. The van der Waals surface area contributed by atoms with Crippen molar-refractivity contribution in [3.8, 4) is 0 Å². The number of likely N-dealkylation sites (tertiary alicyclic amines) is 1. The summed E-state index contributed by atoms with van der Waals surface area (Å²) in [6.07, 6.45) is -1.87. The fourth-order valence-electron chi connectivity index (χ4n) is 3.46. The van der Waals surface area contributed by atoms with Gasteiger partial charge in [0.25, 0.3) is 0 Å². The molecule has 0 bridgehead atoms. The molecule has 0 radical (unpaired) electrons. The van der Waals surface area contributed by atoms with Crippen LogP contribution >= 0.6 is 0 Å². The number of piperidine rings is 1. The predicted octanol–water partition coefficient (Wildman–Crippen LogP) is 3.07. The molecule has 2 fully saturated rings. The third-order valence-corrected chi connectivity index (χ3v) is 4.93. The lowest BCUT2D eigenvalue weighted by molar-refractivity contribution is -0.137. The number of anilines is 1. The van der Waals surface area contributed by atoms with Crippen LogP contribution in [0.15, 0.2) is 18.3 Å². The maximum Gasteiger partial charge on any atom is 0.417 e. The lowest BCUT2D eigenvalue weighted by Gasteiger charge is -2.39. The van der Waals surface area contributed by atoms with Gasteiger partial charge in [0.2, 0.25) is 0 Å². The van der Waals surface area contributed by atoms with E-state index in [9.17, 15) is 18.0 Å². The summed E-state index contributed by atoms with van der Waals surface area (Å²) in [6, 6.07) is 2.45. The first kappa shape index (κ1) is 15.9. The summed E-state index contributed by atoms with van der Waals surface area (Å²) in [7, 11) is 0. The molecule has 2 saturated heterocycles. The third kappa shape index (κ3) is 3.20. The monoisotopic (exact) mass is 329 g/mol. The zero-order valence-electron chi connectivity index (χ0n) is 12.5. The van der Waals surface area contributed by atoms with Crippen LogP contribution in [0.1, 0.15) is 24.8 Å². The van der Waals surface area contributed by atoms with Crippen LogP contribution < -0.4 is 4.90 Å². The molecule has 5 nitrogen and oxygen atoms in total. The van der Waals surface area contributed by atoms with E-state index >= 15 is 0 Å². The number of aromatic nitrogens is 1. The number of hydrogen-bond acceptors (Lipinski definition) is 3. The number of carboxylic acid groups (broad SMARTS) is 1. The third-order valence-electron chi connectivity index (χ3n) is 4.93. The molecular weight excluding hydrogens is 311 g/mol. The quantitative estimate of drug-likeness (QED) is 0.860. The van der Waals surface area contributed by atoms with Crippen molar-refractivity contribution in [1.82, 2.24) is 9.88 Å². The van der Waals surface area contributed by atoms with Crippen LogP contribution in [-0.2, 0) is 6.18 Å². The number of hydrogen-bond donors (Lipinski definition) is 1. The SMILES string of the molecule is O=C(O)N1CCC2(CCN(c3ccc(C(F)(F)F)cn3)CC2)C1. The molecule has 0 aliphatic carbocycles. The van der Waals surface area contributed by atoms with Gasteiger partial charge in [0.1, 0.15) is 5.82 Å². The summed E-state index contributed by atoms with van der Waals surface area (Å²) in [5, 5.41) is 9.06. The van der Waals surface area contributed by atoms with E-state index in [0.717, 1.165) is 31.5 Å². The largest absolute Gasteiger partial charge is 0.465 e. The number of nitrogens with zero attached hydrogens (tertiary/aromatic N) is 3. The minimum atomic E-state index is -4.37. The Morgan fingerprint density at radius 1 is 1.17 bits per heavy atom. The van der Waals surface area contributed by atoms with Crippen LogP contribution in [0.4, 0.5) is 23.8 Å². The van der Waals surface area contributed by atoms with Gasteiger partial charge in [-0.2, -0.15) is 13.2 Å². The van der Waals surface area contributed by atoms with Gasteiger partial charge < -0.3 is 14.9 Å².